The number of hydrogen-bond acceptors (Lipinski definition) is 7. The summed E-state index contributed by atoms with van der Waals surface area (Å²) in [6.07, 6.45) is 1.46. The van der Waals surface area contributed by atoms with Crippen LogP contribution in [0.15, 0.2) is 35.4 Å². The van der Waals surface area contributed by atoms with Gasteiger partial charge in [0.2, 0.25) is 0 Å². The summed E-state index contributed by atoms with van der Waals surface area (Å²) in [6.45, 7) is 9.96. The Morgan fingerprint density at radius 3 is 2.52 bits per heavy atom. The van der Waals surface area contributed by atoms with Crippen LogP contribution in [0.5, 0.6) is 5.75 Å². The molecule has 1 aliphatic heterocycles. The molecular weight excluding hydrogens is 436 g/mol. The fourth-order valence-corrected chi connectivity index (χ4v) is 6.06. The molecule has 1 saturated heterocycles. The van der Waals surface area contributed by atoms with Gasteiger partial charge in [0.15, 0.2) is 5.65 Å². The van der Waals surface area contributed by atoms with Crippen molar-refractivity contribution >= 4 is 27.2 Å². The molecule has 176 valence electrons. The molecule has 1 N–H and O–H groups in total. The summed E-state index contributed by atoms with van der Waals surface area (Å²) < 4.78 is 8.51. The fraction of sp³-hybridized carbons (Fsp3) is 0.458. The van der Waals surface area contributed by atoms with Crippen LogP contribution < -0.4 is 15.7 Å². The highest BCUT2D eigenvalue weighted by atomic mass is 32.1. The van der Waals surface area contributed by atoms with Gasteiger partial charge in [-0.2, -0.15) is 9.61 Å². The van der Waals surface area contributed by atoms with Crippen molar-refractivity contribution < 1.29 is 4.74 Å². The second kappa shape index (κ2) is 9.24. The van der Waals surface area contributed by atoms with Crippen LogP contribution in [0.1, 0.15) is 37.3 Å². The number of hydrogen-bond donors (Lipinski definition) is 1. The van der Waals surface area contributed by atoms with E-state index in [1.807, 2.05) is 28.8 Å². The molecule has 0 bridgehead atoms. The molecule has 8 nitrogen and oxygen atoms in total. The number of nitrogens with one attached hydrogen (secondary N) is 1. The van der Waals surface area contributed by atoms with Gasteiger partial charge in [0.25, 0.3) is 0 Å². The number of aryl methyl sites for hydroxylation is 1. The molecule has 0 unspecified atom stereocenters. The third kappa shape index (κ3) is 4.28. The first-order valence-electron chi connectivity index (χ1n) is 10.9. The topological polar surface area (TPSA) is 76.7 Å². The zero-order valence-electron chi connectivity index (χ0n) is 18.8. The Morgan fingerprint density at radius 2 is 1.85 bits per heavy atom. The molecule has 1 aliphatic rings. The molecule has 4 heterocycles. The third-order valence-corrected chi connectivity index (χ3v) is 7.46. The molecule has 1 aromatic carbocycles. The van der Waals surface area contributed by atoms with Gasteiger partial charge < -0.3 is 10.1 Å². The van der Waals surface area contributed by atoms with Crippen molar-refractivity contribution in [2.24, 2.45) is 0 Å². The van der Waals surface area contributed by atoms with Gasteiger partial charge in [-0.25, -0.2) is 9.78 Å². The minimum absolute atomic E-state index is 0. The number of fused-ring (bicyclic) bond motifs is 3. The maximum atomic E-state index is 13.3. The van der Waals surface area contributed by atoms with Crippen molar-refractivity contribution in [2.45, 2.75) is 53.4 Å². The molecule has 1 fully saturated rings. The van der Waals surface area contributed by atoms with Crippen LogP contribution in [0, 0.1) is 6.92 Å². The Morgan fingerprint density at radius 1 is 1.15 bits per heavy atom. The average molecular weight is 469 g/mol. The van der Waals surface area contributed by atoms with E-state index in [1.165, 1.54) is 21.3 Å². The summed E-state index contributed by atoms with van der Waals surface area (Å²) in [5.41, 5.74) is 2.69. The summed E-state index contributed by atoms with van der Waals surface area (Å²) in [5, 5.41) is 8.84. The largest absolute Gasteiger partial charge is 0.497 e. The lowest BCUT2D eigenvalue weighted by atomic mass is 10.1. The summed E-state index contributed by atoms with van der Waals surface area (Å²) in [4.78, 5) is 22.5. The van der Waals surface area contributed by atoms with E-state index < -0.39 is 0 Å². The lowest BCUT2D eigenvalue weighted by molar-refractivity contribution is 0.167. The van der Waals surface area contributed by atoms with Gasteiger partial charge in [-0.1, -0.05) is 19.6 Å². The van der Waals surface area contributed by atoms with Crippen LogP contribution in [-0.4, -0.2) is 56.3 Å². The van der Waals surface area contributed by atoms with Crippen molar-refractivity contribution in [3.63, 3.8) is 0 Å². The number of methoxy groups -OCH3 is 1. The van der Waals surface area contributed by atoms with E-state index in [1.54, 1.807) is 18.4 Å². The second-order valence-electron chi connectivity index (χ2n) is 8.71. The Kier molecular flexibility index (Phi) is 6.56. The van der Waals surface area contributed by atoms with Crippen LogP contribution in [0.25, 0.3) is 15.9 Å². The Hall–Kier alpha value is -2.75. The zero-order valence-corrected chi connectivity index (χ0v) is 19.6. The number of ether oxygens (including phenoxy) is 1. The van der Waals surface area contributed by atoms with E-state index in [2.05, 4.69) is 41.1 Å². The number of aromatic nitrogens is 4. The minimum Gasteiger partial charge on any atom is -0.497 e. The summed E-state index contributed by atoms with van der Waals surface area (Å²) in [6, 6.07) is 8.75. The molecule has 2 atom stereocenters. The number of benzene rings is 1. The number of rotatable bonds is 5. The third-order valence-electron chi connectivity index (χ3n) is 6.16. The standard InChI is InChI=1S/C23H28N6O2S.CH4/c1-14-9-27(10-15(2)26-14)12-19-16(3)20-21-24-13-25-29(21)23(30)28(22(20)32-19)11-17-5-7-18(31-4)8-6-17;/h5-8,13-15,26H,9-12H2,1-4H3;1H4/t14-,15+;. The van der Waals surface area contributed by atoms with Crippen LogP contribution in [-0.2, 0) is 13.1 Å². The van der Waals surface area contributed by atoms with E-state index >= 15 is 0 Å². The summed E-state index contributed by atoms with van der Waals surface area (Å²) in [7, 11) is 1.65. The van der Waals surface area contributed by atoms with Gasteiger partial charge in [0, 0.05) is 36.6 Å². The number of piperazine rings is 1. The van der Waals surface area contributed by atoms with Crippen LogP contribution >= 0.6 is 11.3 Å². The minimum atomic E-state index is -0.168. The van der Waals surface area contributed by atoms with Gasteiger partial charge in [0.1, 0.15) is 16.9 Å². The lowest BCUT2D eigenvalue weighted by Crippen LogP contribution is -2.53. The highest BCUT2D eigenvalue weighted by Crippen LogP contribution is 2.33. The molecule has 33 heavy (non-hydrogen) atoms. The molecule has 0 aliphatic carbocycles. The number of thiophene rings is 1. The van der Waals surface area contributed by atoms with E-state index in [0.29, 0.717) is 24.3 Å². The molecule has 0 saturated carbocycles. The van der Waals surface area contributed by atoms with Crippen LogP contribution in [0.4, 0.5) is 0 Å². The maximum absolute atomic E-state index is 13.3. The van der Waals surface area contributed by atoms with Gasteiger partial charge in [-0.3, -0.25) is 9.47 Å². The van der Waals surface area contributed by atoms with E-state index in [0.717, 1.165) is 41.2 Å². The van der Waals surface area contributed by atoms with Gasteiger partial charge in [-0.05, 0) is 44.0 Å². The Bertz CT molecular complexity index is 1310. The van der Waals surface area contributed by atoms with Crippen molar-refractivity contribution in [1.29, 1.82) is 0 Å². The first-order chi connectivity index (χ1) is 15.4. The molecule has 0 spiro atoms. The maximum Gasteiger partial charge on any atom is 0.352 e. The normalized spacial score (nSPS) is 19.2. The van der Waals surface area contributed by atoms with Crippen LogP contribution in [0.2, 0.25) is 0 Å². The SMILES string of the molecule is C.COc1ccc(Cn2c(=O)n3ncnc3c3c(C)c(CN4C[C@@H](C)N[C@@H](C)C4)sc32)cc1. The smallest absolute Gasteiger partial charge is 0.352 e. The molecule has 5 rings (SSSR count). The predicted octanol–water partition coefficient (Wildman–Crippen LogP) is 3.29. The van der Waals surface area contributed by atoms with Crippen molar-refractivity contribution in [1.82, 2.24) is 29.4 Å². The summed E-state index contributed by atoms with van der Waals surface area (Å²) >= 11 is 1.70. The zero-order chi connectivity index (χ0) is 22.4. The fourth-order valence-electron chi connectivity index (χ4n) is 4.73. The molecule has 4 aromatic rings. The highest BCUT2D eigenvalue weighted by Gasteiger charge is 2.24. The van der Waals surface area contributed by atoms with Gasteiger partial charge in [-0.15, -0.1) is 11.3 Å². The highest BCUT2D eigenvalue weighted by molar-refractivity contribution is 7.19. The molecule has 0 amide bonds. The quantitative estimate of drug-likeness (QED) is 0.484. The van der Waals surface area contributed by atoms with E-state index in [4.69, 9.17) is 4.74 Å². The first kappa shape index (κ1) is 23.4. The summed E-state index contributed by atoms with van der Waals surface area (Å²) in [5.74, 6) is 0.798. The van der Waals surface area contributed by atoms with E-state index in [9.17, 15) is 4.79 Å². The van der Waals surface area contributed by atoms with Crippen LogP contribution in [0.3, 0.4) is 0 Å². The Labute approximate surface area is 197 Å². The van der Waals surface area contributed by atoms with Crippen molar-refractivity contribution in [3.8, 4) is 5.75 Å². The molecule has 9 heteroatoms. The predicted molar refractivity (Wildman–Crippen MR) is 134 cm³/mol. The lowest BCUT2D eigenvalue weighted by Gasteiger charge is -2.36. The second-order valence-corrected chi connectivity index (χ2v) is 9.79. The average Bonchev–Trinajstić information content (AvgIpc) is 3.36. The van der Waals surface area contributed by atoms with Gasteiger partial charge >= 0.3 is 5.69 Å². The Balaban J connectivity index is 0.00000259. The molecule has 3 aromatic heterocycles. The molecule has 0 radical (unpaired) electrons. The van der Waals surface area contributed by atoms with Crippen molar-refractivity contribution in [2.75, 3.05) is 20.2 Å². The monoisotopic (exact) mass is 468 g/mol. The van der Waals surface area contributed by atoms with Crippen molar-refractivity contribution in [3.05, 3.63) is 57.1 Å². The van der Waals surface area contributed by atoms with E-state index in [-0.39, 0.29) is 13.1 Å². The molecular formula is C24H32N6O2S. The number of nitrogens with zero attached hydrogens (tertiary/aromatic N) is 5. The van der Waals surface area contributed by atoms with Gasteiger partial charge in [0.05, 0.1) is 19.0 Å². The first-order valence-corrected chi connectivity index (χ1v) is 11.7.